The second-order valence-electron chi connectivity index (χ2n) is 5.59. The van der Waals surface area contributed by atoms with E-state index in [1.807, 2.05) is 6.92 Å². The Kier molecular flexibility index (Phi) is 3.31. The zero-order valence-corrected chi connectivity index (χ0v) is 12.4. The lowest BCUT2D eigenvalue weighted by molar-refractivity contribution is -0.130. The third kappa shape index (κ3) is 2.28. The van der Waals surface area contributed by atoms with Crippen LogP contribution in [0.1, 0.15) is 32.0 Å². The normalized spacial score (nSPS) is 33.8. The molecule has 1 aliphatic carbocycles. The van der Waals surface area contributed by atoms with Gasteiger partial charge in [0.25, 0.3) is 0 Å². The van der Waals surface area contributed by atoms with E-state index in [2.05, 4.69) is 47.7 Å². The summed E-state index contributed by atoms with van der Waals surface area (Å²) in [6, 6.07) is 8.88. The van der Waals surface area contributed by atoms with Crippen molar-refractivity contribution in [1.29, 1.82) is 0 Å². The summed E-state index contributed by atoms with van der Waals surface area (Å²) < 4.78 is 0. The molecule has 1 aromatic carbocycles. The monoisotopic (exact) mass is 276 g/mol. The Labute approximate surface area is 118 Å². The van der Waals surface area contributed by atoms with E-state index in [0.29, 0.717) is 12.0 Å². The van der Waals surface area contributed by atoms with Crippen LogP contribution in [0.15, 0.2) is 29.2 Å². The molecule has 2 fully saturated rings. The van der Waals surface area contributed by atoms with Crippen LogP contribution >= 0.6 is 11.8 Å². The van der Waals surface area contributed by atoms with E-state index < -0.39 is 0 Å². The number of carbonyl (C=O) groups excluding carboxylic acids is 1. The van der Waals surface area contributed by atoms with Crippen LogP contribution in [0.4, 0.5) is 0 Å². The zero-order chi connectivity index (χ0) is 13.6. The van der Waals surface area contributed by atoms with Crippen LogP contribution < -0.4 is 5.32 Å². The highest BCUT2D eigenvalue weighted by Crippen LogP contribution is 2.41. The van der Waals surface area contributed by atoms with Gasteiger partial charge in [-0.3, -0.25) is 10.1 Å². The third-order valence-corrected chi connectivity index (χ3v) is 4.91. The van der Waals surface area contributed by atoms with Crippen molar-refractivity contribution in [2.45, 2.75) is 43.4 Å². The molecule has 1 saturated heterocycles. The molecule has 3 rings (SSSR count). The Morgan fingerprint density at radius 2 is 1.89 bits per heavy atom. The molecule has 1 saturated carbocycles. The average Bonchev–Trinajstić information content (AvgIpc) is 3.06. The van der Waals surface area contributed by atoms with E-state index in [1.54, 1.807) is 11.8 Å². The fourth-order valence-electron chi connectivity index (χ4n) is 2.83. The predicted molar refractivity (Wildman–Crippen MR) is 78.0 cm³/mol. The van der Waals surface area contributed by atoms with Gasteiger partial charge in [-0.05, 0) is 43.2 Å². The summed E-state index contributed by atoms with van der Waals surface area (Å²) in [5, 5.41) is 3.42. The highest BCUT2D eigenvalue weighted by molar-refractivity contribution is 7.98. The number of rotatable bonds is 3. The molecular weight excluding hydrogens is 256 g/mol. The van der Waals surface area contributed by atoms with Gasteiger partial charge in [0.05, 0.1) is 6.04 Å². The van der Waals surface area contributed by atoms with Crippen molar-refractivity contribution in [2.75, 3.05) is 6.26 Å². The van der Waals surface area contributed by atoms with E-state index >= 15 is 0 Å². The number of nitrogens with one attached hydrogen (secondary N) is 1. The number of hydrogen-bond donors (Lipinski definition) is 1. The van der Waals surface area contributed by atoms with Crippen molar-refractivity contribution in [1.82, 2.24) is 10.2 Å². The van der Waals surface area contributed by atoms with E-state index in [-0.39, 0.29) is 18.1 Å². The summed E-state index contributed by atoms with van der Waals surface area (Å²) in [5.74, 6) is 0.886. The number of hydrogen-bond acceptors (Lipinski definition) is 3. The van der Waals surface area contributed by atoms with E-state index in [1.165, 1.54) is 10.5 Å². The molecule has 19 heavy (non-hydrogen) atoms. The molecule has 0 spiro atoms. The number of amides is 1. The average molecular weight is 276 g/mol. The molecule has 102 valence electrons. The third-order valence-electron chi connectivity index (χ3n) is 4.17. The number of benzene rings is 1. The first-order chi connectivity index (χ1) is 9.11. The summed E-state index contributed by atoms with van der Waals surface area (Å²) in [4.78, 5) is 15.6. The first-order valence-electron chi connectivity index (χ1n) is 6.84. The summed E-state index contributed by atoms with van der Waals surface area (Å²) in [6.45, 7) is 4.17. The van der Waals surface area contributed by atoms with Gasteiger partial charge in [0.1, 0.15) is 6.17 Å². The molecular formula is C15H20N2OS. The maximum absolute atomic E-state index is 12.3. The fourth-order valence-corrected chi connectivity index (χ4v) is 3.24. The molecule has 1 heterocycles. The van der Waals surface area contributed by atoms with Crippen LogP contribution in [0.2, 0.25) is 0 Å². The minimum absolute atomic E-state index is 0.0494. The van der Waals surface area contributed by atoms with Crippen LogP contribution in [0.25, 0.3) is 0 Å². The van der Waals surface area contributed by atoms with Gasteiger partial charge in [-0.2, -0.15) is 0 Å². The SMILES string of the molecule is CSc1ccc(C2NC(C)C(=O)N2C2CC2C)cc1. The lowest BCUT2D eigenvalue weighted by Gasteiger charge is -2.25. The summed E-state index contributed by atoms with van der Waals surface area (Å²) in [5.41, 5.74) is 1.19. The lowest BCUT2D eigenvalue weighted by atomic mass is 10.1. The molecule has 1 N–H and O–H groups in total. The molecule has 3 nitrogen and oxygen atoms in total. The Bertz CT molecular complexity index is 487. The highest BCUT2D eigenvalue weighted by Gasteiger charge is 2.49. The summed E-state index contributed by atoms with van der Waals surface area (Å²) >= 11 is 1.74. The Morgan fingerprint density at radius 1 is 1.26 bits per heavy atom. The number of thioether (sulfide) groups is 1. The Morgan fingerprint density at radius 3 is 2.42 bits per heavy atom. The van der Waals surface area contributed by atoms with Gasteiger partial charge in [0.2, 0.25) is 5.91 Å². The van der Waals surface area contributed by atoms with Crippen LogP contribution in [0, 0.1) is 5.92 Å². The van der Waals surface area contributed by atoms with Gasteiger partial charge in [-0.25, -0.2) is 0 Å². The van der Waals surface area contributed by atoms with Crippen molar-refractivity contribution < 1.29 is 4.79 Å². The topological polar surface area (TPSA) is 32.3 Å². The summed E-state index contributed by atoms with van der Waals surface area (Å²) in [7, 11) is 0. The second kappa shape index (κ2) is 4.84. The van der Waals surface area contributed by atoms with Crippen molar-refractivity contribution in [2.24, 2.45) is 5.92 Å². The van der Waals surface area contributed by atoms with Crippen molar-refractivity contribution in [3.05, 3.63) is 29.8 Å². The molecule has 1 aromatic rings. The van der Waals surface area contributed by atoms with Gasteiger partial charge in [0, 0.05) is 10.9 Å². The molecule has 4 unspecified atom stereocenters. The quantitative estimate of drug-likeness (QED) is 0.861. The van der Waals surface area contributed by atoms with E-state index in [4.69, 9.17) is 0 Å². The lowest BCUT2D eigenvalue weighted by Crippen LogP contribution is -2.33. The van der Waals surface area contributed by atoms with Gasteiger partial charge >= 0.3 is 0 Å². The van der Waals surface area contributed by atoms with Gasteiger partial charge in [0.15, 0.2) is 0 Å². The minimum Gasteiger partial charge on any atom is -0.318 e. The standard InChI is InChI=1S/C15H20N2OS/c1-9-8-13(9)17-14(16-10(2)15(17)18)11-4-6-12(19-3)7-5-11/h4-7,9-10,13-14,16H,8H2,1-3H3. The molecule has 0 bridgehead atoms. The van der Waals surface area contributed by atoms with Gasteiger partial charge in [-0.15, -0.1) is 11.8 Å². The van der Waals surface area contributed by atoms with Gasteiger partial charge in [-0.1, -0.05) is 19.1 Å². The maximum Gasteiger partial charge on any atom is 0.241 e. The number of nitrogens with zero attached hydrogens (tertiary/aromatic N) is 1. The first kappa shape index (κ1) is 13.0. The molecule has 4 atom stereocenters. The predicted octanol–water partition coefficient (Wildman–Crippen LogP) is 2.64. The smallest absolute Gasteiger partial charge is 0.241 e. The zero-order valence-electron chi connectivity index (χ0n) is 11.6. The van der Waals surface area contributed by atoms with Crippen LogP contribution in [-0.2, 0) is 4.79 Å². The van der Waals surface area contributed by atoms with Crippen molar-refractivity contribution in [3.63, 3.8) is 0 Å². The largest absolute Gasteiger partial charge is 0.318 e. The Hall–Kier alpha value is -1.00. The van der Waals surface area contributed by atoms with Gasteiger partial charge < -0.3 is 4.90 Å². The molecule has 1 amide bonds. The van der Waals surface area contributed by atoms with Crippen LogP contribution in [0.3, 0.4) is 0 Å². The first-order valence-corrected chi connectivity index (χ1v) is 8.06. The molecule has 1 aliphatic heterocycles. The fraction of sp³-hybridized carbons (Fsp3) is 0.533. The second-order valence-corrected chi connectivity index (χ2v) is 6.47. The van der Waals surface area contributed by atoms with E-state index in [9.17, 15) is 4.79 Å². The van der Waals surface area contributed by atoms with Crippen LogP contribution in [-0.4, -0.2) is 29.1 Å². The van der Waals surface area contributed by atoms with Crippen LogP contribution in [0.5, 0.6) is 0 Å². The van der Waals surface area contributed by atoms with Crippen molar-refractivity contribution >= 4 is 17.7 Å². The molecule has 2 aliphatic rings. The maximum atomic E-state index is 12.3. The minimum atomic E-state index is -0.0713. The molecule has 0 aromatic heterocycles. The van der Waals surface area contributed by atoms with E-state index in [0.717, 1.165) is 6.42 Å². The molecule has 4 heteroatoms. The highest BCUT2D eigenvalue weighted by atomic mass is 32.2. The molecule has 0 radical (unpaired) electrons. The Balaban J connectivity index is 1.86. The summed E-state index contributed by atoms with van der Waals surface area (Å²) in [6.07, 6.45) is 3.26. The van der Waals surface area contributed by atoms with Crippen molar-refractivity contribution in [3.8, 4) is 0 Å². The number of carbonyl (C=O) groups is 1.